The average molecular weight is 421 g/mol. The van der Waals surface area contributed by atoms with Gasteiger partial charge in [0, 0.05) is 17.2 Å². The Labute approximate surface area is 172 Å². The zero-order chi connectivity index (χ0) is 20.9. The standard InChI is InChI=1S/C21H28N2O3S2/c1-15-6-10-20(11-7-15)27-13-12-22-21(24)18(4)23(28(5,25)26)19-9-8-16(2)17(3)14-19/h6-11,14,18H,12-13H2,1-5H3,(H,22,24)/t18-/m1/s1. The molecule has 2 aromatic carbocycles. The van der Waals surface area contributed by atoms with E-state index in [0.29, 0.717) is 18.0 Å². The van der Waals surface area contributed by atoms with Crippen LogP contribution in [0.15, 0.2) is 47.4 Å². The van der Waals surface area contributed by atoms with E-state index >= 15 is 0 Å². The van der Waals surface area contributed by atoms with Crippen LogP contribution in [0.5, 0.6) is 0 Å². The molecule has 0 unspecified atom stereocenters. The minimum absolute atomic E-state index is 0.312. The molecule has 0 aromatic heterocycles. The van der Waals surface area contributed by atoms with E-state index in [9.17, 15) is 13.2 Å². The minimum Gasteiger partial charge on any atom is -0.353 e. The summed E-state index contributed by atoms with van der Waals surface area (Å²) >= 11 is 1.65. The highest BCUT2D eigenvalue weighted by molar-refractivity contribution is 7.99. The van der Waals surface area contributed by atoms with Gasteiger partial charge in [0.15, 0.2) is 0 Å². The summed E-state index contributed by atoms with van der Waals surface area (Å²) in [6.07, 6.45) is 1.12. The van der Waals surface area contributed by atoms with Crippen molar-refractivity contribution in [3.8, 4) is 0 Å². The second kappa shape index (κ2) is 9.47. The van der Waals surface area contributed by atoms with E-state index in [0.717, 1.165) is 22.3 Å². The maximum atomic E-state index is 12.6. The van der Waals surface area contributed by atoms with Gasteiger partial charge < -0.3 is 5.32 Å². The average Bonchev–Trinajstić information content (AvgIpc) is 2.62. The molecule has 1 atom stereocenters. The van der Waals surface area contributed by atoms with Gasteiger partial charge >= 0.3 is 0 Å². The van der Waals surface area contributed by atoms with Crippen LogP contribution in [-0.2, 0) is 14.8 Å². The molecule has 0 bridgehead atoms. The smallest absolute Gasteiger partial charge is 0.243 e. The molecule has 152 valence electrons. The third-order valence-electron chi connectivity index (χ3n) is 4.52. The van der Waals surface area contributed by atoms with Gasteiger partial charge in [-0.15, -0.1) is 11.8 Å². The summed E-state index contributed by atoms with van der Waals surface area (Å²) < 4.78 is 25.9. The molecular formula is C21H28N2O3S2. The van der Waals surface area contributed by atoms with Crippen molar-refractivity contribution in [2.75, 3.05) is 22.9 Å². The first-order chi connectivity index (χ1) is 13.1. The van der Waals surface area contributed by atoms with Gasteiger partial charge in [-0.05, 0) is 63.1 Å². The SMILES string of the molecule is Cc1ccc(SCCNC(=O)[C@@H](C)N(c2ccc(C)c(C)c2)S(C)(=O)=O)cc1. The Bertz CT molecular complexity index is 925. The summed E-state index contributed by atoms with van der Waals surface area (Å²) in [5, 5.41) is 2.85. The van der Waals surface area contributed by atoms with E-state index in [-0.39, 0.29) is 5.91 Å². The number of thioether (sulfide) groups is 1. The summed E-state index contributed by atoms with van der Waals surface area (Å²) in [7, 11) is -3.60. The predicted molar refractivity (Wildman–Crippen MR) is 118 cm³/mol. The van der Waals surface area contributed by atoms with E-state index in [1.54, 1.807) is 30.8 Å². The fourth-order valence-electron chi connectivity index (χ4n) is 2.80. The molecule has 2 aromatic rings. The minimum atomic E-state index is -3.60. The Morgan fingerprint density at radius 3 is 2.29 bits per heavy atom. The highest BCUT2D eigenvalue weighted by atomic mass is 32.2. The zero-order valence-electron chi connectivity index (χ0n) is 17.0. The lowest BCUT2D eigenvalue weighted by Gasteiger charge is -2.28. The second-order valence-electron chi connectivity index (χ2n) is 6.96. The topological polar surface area (TPSA) is 66.5 Å². The van der Waals surface area contributed by atoms with Crippen molar-refractivity contribution in [3.63, 3.8) is 0 Å². The number of hydrogen-bond donors (Lipinski definition) is 1. The summed E-state index contributed by atoms with van der Waals surface area (Å²) in [5.74, 6) is 0.400. The van der Waals surface area contributed by atoms with Crippen molar-refractivity contribution in [1.82, 2.24) is 5.32 Å². The molecule has 0 heterocycles. The van der Waals surface area contributed by atoms with E-state index < -0.39 is 16.1 Å². The Balaban J connectivity index is 2.01. The highest BCUT2D eigenvalue weighted by Gasteiger charge is 2.29. The quantitative estimate of drug-likeness (QED) is 0.523. The van der Waals surface area contributed by atoms with Gasteiger partial charge in [-0.3, -0.25) is 9.10 Å². The Morgan fingerprint density at radius 1 is 1.07 bits per heavy atom. The van der Waals surface area contributed by atoms with Gasteiger partial charge in [0.2, 0.25) is 15.9 Å². The zero-order valence-corrected chi connectivity index (χ0v) is 18.7. The number of hydrogen-bond acceptors (Lipinski definition) is 4. The van der Waals surface area contributed by atoms with E-state index in [1.807, 2.05) is 26.8 Å². The molecule has 0 spiro atoms. The van der Waals surface area contributed by atoms with Gasteiger partial charge in [0.25, 0.3) is 0 Å². The number of carbonyl (C=O) groups is 1. The van der Waals surface area contributed by atoms with Gasteiger partial charge in [0.1, 0.15) is 6.04 Å². The number of nitrogens with zero attached hydrogens (tertiary/aromatic N) is 1. The number of carbonyl (C=O) groups excluding carboxylic acids is 1. The van der Waals surface area contributed by atoms with Gasteiger partial charge in [-0.1, -0.05) is 23.8 Å². The van der Waals surface area contributed by atoms with Crippen LogP contribution in [0.1, 0.15) is 23.6 Å². The maximum absolute atomic E-state index is 12.6. The monoisotopic (exact) mass is 420 g/mol. The summed E-state index contributed by atoms with van der Waals surface area (Å²) in [5.41, 5.74) is 3.76. The van der Waals surface area contributed by atoms with Crippen molar-refractivity contribution in [2.24, 2.45) is 0 Å². The van der Waals surface area contributed by atoms with Crippen LogP contribution in [0.3, 0.4) is 0 Å². The first-order valence-corrected chi connectivity index (χ1v) is 12.0. The molecule has 0 aliphatic rings. The molecule has 1 amide bonds. The molecular weight excluding hydrogens is 392 g/mol. The van der Waals surface area contributed by atoms with E-state index in [4.69, 9.17) is 0 Å². The third kappa shape index (κ3) is 6.01. The molecule has 0 radical (unpaired) electrons. The van der Waals surface area contributed by atoms with Gasteiger partial charge in [0.05, 0.1) is 11.9 Å². The summed E-state index contributed by atoms with van der Waals surface area (Å²) in [6, 6.07) is 12.8. The van der Waals surface area contributed by atoms with Gasteiger partial charge in [-0.2, -0.15) is 0 Å². The van der Waals surface area contributed by atoms with Crippen molar-refractivity contribution in [2.45, 2.75) is 38.6 Å². The molecule has 1 N–H and O–H groups in total. The number of aryl methyl sites for hydroxylation is 3. The molecule has 7 heteroatoms. The van der Waals surface area contributed by atoms with Gasteiger partial charge in [-0.25, -0.2) is 8.42 Å². The normalized spacial score (nSPS) is 12.5. The van der Waals surface area contributed by atoms with Crippen LogP contribution in [0.4, 0.5) is 5.69 Å². The lowest BCUT2D eigenvalue weighted by molar-refractivity contribution is -0.121. The molecule has 0 saturated heterocycles. The van der Waals surface area contributed by atoms with E-state index in [1.165, 1.54) is 9.87 Å². The molecule has 0 aliphatic carbocycles. The van der Waals surface area contributed by atoms with Crippen LogP contribution in [0.25, 0.3) is 0 Å². The number of nitrogens with one attached hydrogen (secondary N) is 1. The van der Waals surface area contributed by atoms with Crippen LogP contribution in [-0.4, -0.2) is 38.9 Å². The number of rotatable bonds is 8. The highest BCUT2D eigenvalue weighted by Crippen LogP contribution is 2.24. The third-order valence-corrected chi connectivity index (χ3v) is 6.78. The second-order valence-corrected chi connectivity index (χ2v) is 9.98. The number of benzene rings is 2. The van der Waals surface area contributed by atoms with Crippen LogP contribution in [0, 0.1) is 20.8 Å². The largest absolute Gasteiger partial charge is 0.353 e. The van der Waals surface area contributed by atoms with Crippen molar-refractivity contribution in [3.05, 3.63) is 59.2 Å². The van der Waals surface area contributed by atoms with E-state index in [2.05, 4.69) is 29.6 Å². The summed E-state index contributed by atoms with van der Waals surface area (Å²) in [6.45, 7) is 8.00. The fourth-order valence-corrected chi connectivity index (χ4v) is 4.73. The summed E-state index contributed by atoms with van der Waals surface area (Å²) in [4.78, 5) is 13.7. The Morgan fingerprint density at radius 2 is 1.71 bits per heavy atom. The molecule has 0 fully saturated rings. The van der Waals surface area contributed by atoms with Crippen molar-refractivity contribution < 1.29 is 13.2 Å². The van der Waals surface area contributed by atoms with Crippen molar-refractivity contribution in [1.29, 1.82) is 0 Å². The number of sulfonamides is 1. The molecule has 2 rings (SSSR count). The Hall–Kier alpha value is -1.99. The fraction of sp³-hybridized carbons (Fsp3) is 0.381. The lowest BCUT2D eigenvalue weighted by atomic mass is 10.1. The molecule has 28 heavy (non-hydrogen) atoms. The molecule has 5 nitrogen and oxygen atoms in total. The molecule has 0 saturated carbocycles. The van der Waals surface area contributed by atoms with Crippen LogP contribution in [0.2, 0.25) is 0 Å². The molecule has 0 aliphatic heterocycles. The number of anilines is 1. The number of amides is 1. The maximum Gasteiger partial charge on any atom is 0.243 e. The van der Waals surface area contributed by atoms with Crippen LogP contribution < -0.4 is 9.62 Å². The van der Waals surface area contributed by atoms with Crippen LogP contribution >= 0.6 is 11.8 Å². The lowest BCUT2D eigenvalue weighted by Crippen LogP contribution is -2.48. The van der Waals surface area contributed by atoms with Crippen molar-refractivity contribution >= 4 is 33.4 Å². The predicted octanol–water partition coefficient (Wildman–Crippen LogP) is 3.67. The Kier molecular flexibility index (Phi) is 7.55. The first-order valence-electron chi connectivity index (χ1n) is 9.13. The first kappa shape index (κ1) is 22.3.